The molecular weight excluding hydrogens is 773 g/mol. The summed E-state index contributed by atoms with van der Waals surface area (Å²) in [6.07, 6.45) is 3.76. The number of aromatic hydroxyl groups is 1. The number of allylic oxidation sites excluding steroid dienone is 4. The zero-order chi connectivity index (χ0) is 36.5. The number of halogens is 1. The maximum atomic E-state index is 15.2. The molecule has 0 spiro atoms. The molecule has 1 aliphatic heterocycles. The summed E-state index contributed by atoms with van der Waals surface area (Å²) in [7, 11) is 1.44. The highest BCUT2D eigenvalue weighted by Crippen LogP contribution is 2.64. The van der Waals surface area contributed by atoms with Gasteiger partial charge in [-0.2, -0.15) is 0 Å². The summed E-state index contributed by atoms with van der Waals surface area (Å²) < 4.78 is 6.08. The highest BCUT2D eigenvalue weighted by molar-refractivity contribution is 14.1. The van der Waals surface area contributed by atoms with Crippen LogP contribution in [-0.4, -0.2) is 46.7 Å². The second kappa shape index (κ2) is 12.7. The number of hydrogen-bond acceptors (Lipinski definition) is 7. The highest BCUT2D eigenvalue weighted by Gasteiger charge is 2.66. The molecule has 1 heterocycles. The van der Waals surface area contributed by atoms with Gasteiger partial charge in [-0.15, -0.1) is 0 Å². The third-order valence-corrected chi connectivity index (χ3v) is 12.2. The number of Topliss-reactive ketones (excluding diaryl/α,β-unsaturated/α-hetero) is 1. The standard InChI is InChI=1S/C42H32INO8/c1-52-33-19-24(18-32(43)38(33)47)36-27-15-16-28-35(40(49)44(39(28)48)26-14-8-11-23(17-26)41(50)51)30(27)20-31-37(46)29(22-9-4-2-5-10-22)21-34(45)42(31,36)25-12-6-3-7-13-25/h2-15,17-19,21,28,30-31,35-36,47H,16,20H2,1H3,(H,50,51). The third kappa shape index (κ3) is 4.91. The molecule has 52 heavy (non-hydrogen) atoms. The van der Waals surface area contributed by atoms with Gasteiger partial charge in [0.2, 0.25) is 11.8 Å². The summed E-state index contributed by atoms with van der Waals surface area (Å²) in [5, 5.41) is 20.5. The monoisotopic (exact) mass is 805 g/mol. The van der Waals surface area contributed by atoms with E-state index in [4.69, 9.17) is 4.74 Å². The number of imide groups is 1. The molecule has 3 aliphatic carbocycles. The zero-order valence-corrected chi connectivity index (χ0v) is 30.0. The molecule has 9 nitrogen and oxygen atoms in total. The summed E-state index contributed by atoms with van der Waals surface area (Å²) in [6.45, 7) is 0. The number of carboxylic acids is 1. The first-order chi connectivity index (χ1) is 25.1. The summed E-state index contributed by atoms with van der Waals surface area (Å²) >= 11 is 2.02. The van der Waals surface area contributed by atoms with Gasteiger partial charge < -0.3 is 14.9 Å². The maximum absolute atomic E-state index is 15.2. The first-order valence-electron chi connectivity index (χ1n) is 17.0. The van der Waals surface area contributed by atoms with E-state index in [1.165, 1.54) is 31.4 Å². The quantitative estimate of drug-likeness (QED) is 0.124. The van der Waals surface area contributed by atoms with Crippen molar-refractivity contribution in [3.63, 3.8) is 0 Å². The van der Waals surface area contributed by atoms with E-state index in [-0.39, 0.29) is 47.2 Å². The van der Waals surface area contributed by atoms with Crippen LogP contribution in [0.15, 0.2) is 115 Å². The topological polar surface area (TPSA) is 138 Å². The third-order valence-electron chi connectivity index (χ3n) is 11.3. The average Bonchev–Trinajstić information content (AvgIpc) is 3.42. The Balaban J connectivity index is 1.37. The zero-order valence-electron chi connectivity index (χ0n) is 27.9. The Bertz CT molecular complexity index is 2260. The molecule has 6 atom stereocenters. The number of methoxy groups -OCH3 is 1. The number of nitrogens with zero attached hydrogens (tertiary/aromatic N) is 1. The van der Waals surface area contributed by atoms with Gasteiger partial charge in [-0.1, -0.05) is 78.4 Å². The van der Waals surface area contributed by atoms with Crippen molar-refractivity contribution in [1.29, 1.82) is 0 Å². The van der Waals surface area contributed by atoms with E-state index in [2.05, 4.69) is 0 Å². The molecular formula is C42H32INO8. The molecule has 8 rings (SSSR count). The minimum Gasteiger partial charge on any atom is -0.504 e. The predicted molar refractivity (Wildman–Crippen MR) is 200 cm³/mol. The smallest absolute Gasteiger partial charge is 0.335 e. The lowest BCUT2D eigenvalue weighted by Gasteiger charge is -2.55. The normalized spacial score (nSPS) is 26.6. The first-order valence-corrected chi connectivity index (χ1v) is 18.0. The Morgan fingerprint density at radius 2 is 1.60 bits per heavy atom. The largest absolute Gasteiger partial charge is 0.504 e. The van der Waals surface area contributed by atoms with E-state index in [0.717, 1.165) is 10.5 Å². The number of ketones is 2. The van der Waals surface area contributed by atoms with Crippen molar-refractivity contribution in [3.05, 3.63) is 141 Å². The lowest BCUT2D eigenvalue weighted by atomic mass is 9.44. The fraction of sp³-hybridized carbons (Fsp3) is 0.214. The summed E-state index contributed by atoms with van der Waals surface area (Å²) in [5.41, 5.74) is 1.63. The Hall–Kier alpha value is -5.36. The molecule has 0 bridgehead atoms. The molecule has 0 radical (unpaired) electrons. The minimum absolute atomic E-state index is 0.0559. The Labute approximate surface area is 312 Å². The van der Waals surface area contributed by atoms with Crippen molar-refractivity contribution in [2.45, 2.75) is 24.2 Å². The number of amides is 2. The lowest BCUT2D eigenvalue weighted by molar-refractivity contribution is -0.135. The Kier molecular flexibility index (Phi) is 8.24. The number of carbonyl (C=O) groups excluding carboxylic acids is 4. The molecule has 1 saturated carbocycles. The number of benzene rings is 4. The number of carbonyl (C=O) groups is 5. The molecule has 1 saturated heterocycles. The molecule has 4 aromatic carbocycles. The first kappa shape index (κ1) is 33.8. The van der Waals surface area contributed by atoms with Crippen LogP contribution in [0.25, 0.3) is 5.57 Å². The second-order valence-electron chi connectivity index (χ2n) is 13.7. The fourth-order valence-electron chi connectivity index (χ4n) is 9.20. The van der Waals surface area contributed by atoms with Crippen LogP contribution in [0.5, 0.6) is 11.5 Å². The number of anilines is 1. The van der Waals surface area contributed by atoms with Crippen LogP contribution in [0, 0.1) is 27.2 Å². The Morgan fingerprint density at radius 1 is 0.885 bits per heavy atom. The van der Waals surface area contributed by atoms with Crippen molar-refractivity contribution < 1.29 is 38.9 Å². The van der Waals surface area contributed by atoms with E-state index in [9.17, 15) is 24.6 Å². The van der Waals surface area contributed by atoms with Gasteiger partial charge in [0.25, 0.3) is 0 Å². The summed E-state index contributed by atoms with van der Waals surface area (Å²) in [6, 6.07) is 27.6. The van der Waals surface area contributed by atoms with E-state index in [1.54, 1.807) is 30.3 Å². The molecule has 2 N–H and O–H groups in total. The number of rotatable bonds is 6. The van der Waals surface area contributed by atoms with Crippen molar-refractivity contribution in [2.24, 2.45) is 23.7 Å². The number of carboxylic acid groups (broad SMARTS) is 1. The molecule has 2 amide bonds. The van der Waals surface area contributed by atoms with Crippen LogP contribution in [0.1, 0.15) is 45.8 Å². The minimum atomic E-state index is -1.43. The second-order valence-corrected chi connectivity index (χ2v) is 14.9. The number of aromatic carboxylic acids is 1. The van der Waals surface area contributed by atoms with Gasteiger partial charge in [0.05, 0.1) is 39.2 Å². The number of fused-ring (bicyclic) bond motifs is 4. The lowest BCUT2D eigenvalue weighted by Crippen LogP contribution is -2.58. The molecule has 4 aromatic rings. The van der Waals surface area contributed by atoms with E-state index < -0.39 is 52.8 Å². The van der Waals surface area contributed by atoms with E-state index in [1.807, 2.05) is 77.2 Å². The van der Waals surface area contributed by atoms with E-state index in [0.29, 0.717) is 25.8 Å². The van der Waals surface area contributed by atoms with Crippen LogP contribution in [0.4, 0.5) is 5.69 Å². The summed E-state index contributed by atoms with van der Waals surface area (Å²) in [4.78, 5) is 71.9. The predicted octanol–water partition coefficient (Wildman–Crippen LogP) is 6.73. The van der Waals surface area contributed by atoms with Gasteiger partial charge >= 0.3 is 5.97 Å². The maximum Gasteiger partial charge on any atom is 0.335 e. The van der Waals surface area contributed by atoms with Gasteiger partial charge in [-0.3, -0.25) is 24.1 Å². The fourth-order valence-corrected chi connectivity index (χ4v) is 9.82. The number of hydrogen-bond donors (Lipinski definition) is 2. The highest BCUT2D eigenvalue weighted by atomic mass is 127. The molecule has 0 aromatic heterocycles. The molecule has 6 unspecified atom stereocenters. The van der Waals surface area contributed by atoms with Crippen LogP contribution in [-0.2, 0) is 24.6 Å². The van der Waals surface area contributed by atoms with Crippen molar-refractivity contribution >= 4 is 63.2 Å². The van der Waals surface area contributed by atoms with Gasteiger partial charge in [0.1, 0.15) is 0 Å². The number of phenols is 1. The van der Waals surface area contributed by atoms with Crippen molar-refractivity contribution in [2.75, 3.05) is 12.0 Å². The SMILES string of the molecule is COc1cc(C2C3=CCC4C(=O)N(c5cccc(C(=O)O)c5)C(=O)C4C3CC3C(=O)C(c4ccccc4)=CC(=O)C32c2ccccc2)cc(I)c1O. The average molecular weight is 806 g/mol. The van der Waals surface area contributed by atoms with Crippen molar-refractivity contribution in [1.82, 2.24) is 0 Å². The van der Waals surface area contributed by atoms with Gasteiger partial charge in [-0.05, 0) is 94.4 Å². The van der Waals surface area contributed by atoms with Crippen LogP contribution < -0.4 is 9.64 Å². The van der Waals surface area contributed by atoms with Gasteiger partial charge in [0.15, 0.2) is 23.1 Å². The Morgan fingerprint density at radius 3 is 2.29 bits per heavy atom. The molecule has 2 fully saturated rings. The number of phenolic OH excluding ortho intramolecular Hbond substituents is 1. The van der Waals surface area contributed by atoms with E-state index >= 15 is 9.59 Å². The summed E-state index contributed by atoms with van der Waals surface area (Å²) in [5.74, 6) is -6.35. The molecule has 260 valence electrons. The molecule has 10 heteroatoms. The van der Waals surface area contributed by atoms with Gasteiger partial charge in [0, 0.05) is 17.4 Å². The van der Waals surface area contributed by atoms with Crippen LogP contribution in [0.2, 0.25) is 0 Å². The molecule has 4 aliphatic rings. The van der Waals surface area contributed by atoms with Crippen LogP contribution >= 0.6 is 22.6 Å². The van der Waals surface area contributed by atoms with Crippen molar-refractivity contribution in [3.8, 4) is 11.5 Å². The van der Waals surface area contributed by atoms with Gasteiger partial charge in [-0.25, -0.2) is 4.79 Å². The number of ether oxygens (including phenoxy) is 1. The van der Waals surface area contributed by atoms with Crippen LogP contribution in [0.3, 0.4) is 0 Å².